The van der Waals surface area contributed by atoms with Crippen LogP contribution in [0, 0.1) is 12.3 Å². The van der Waals surface area contributed by atoms with E-state index >= 15 is 0 Å². The van der Waals surface area contributed by atoms with Crippen LogP contribution in [0.25, 0.3) is 0 Å². The van der Waals surface area contributed by atoms with Gasteiger partial charge in [-0.25, -0.2) is 0 Å². The van der Waals surface area contributed by atoms with E-state index in [2.05, 4.69) is 18.8 Å². The standard InChI is InChI=1S/C19H21N3O2/c1-12-4-6-13(7-5-12)18(24)22-10-15(17(20)23)14-8-21-9-16(14)19(2,3)11-22/h4-8,10H,9,11H2,1-3H3,(H2,20,23). The van der Waals surface area contributed by atoms with E-state index in [9.17, 15) is 9.59 Å². The SMILES string of the molecule is Cc1ccc(C(=O)N2C=C(C(N)=O)C3=C(CN=C3)C(C)(C)C2)cc1. The molecule has 124 valence electrons. The van der Waals surface area contributed by atoms with Crippen molar-refractivity contribution in [3.8, 4) is 0 Å². The maximum atomic E-state index is 12.9. The highest BCUT2D eigenvalue weighted by atomic mass is 16.2. The second kappa shape index (κ2) is 5.74. The number of hydrogen-bond donors (Lipinski definition) is 1. The quantitative estimate of drug-likeness (QED) is 0.906. The van der Waals surface area contributed by atoms with E-state index < -0.39 is 5.91 Å². The summed E-state index contributed by atoms with van der Waals surface area (Å²) >= 11 is 0. The second-order valence-electron chi connectivity index (χ2n) is 6.95. The fourth-order valence-corrected chi connectivity index (χ4v) is 3.18. The molecule has 0 aliphatic carbocycles. The van der Waals surface area contributed by atoms with Gasteiger partial charge in [0.2, 0.25) is 0 Å². The molecule has 0 bridgehead atoms. The predicted octanol–water partition coefficient (Wildman–Crippen LogP) is 2.23. The minimum atomic E-state index is -0.546. The molecule has 1 aromatic rings. The van der Waals surface area contributed by atoms with Gasteiger partial charge in [-0.2, -0.15) is 0 Å². The number of amides is 2. The smallest absolute Gasteiger partial charge is 0.257 e. The minimum Gasteiger partial charge on any atom is -0.366 e. The molecule has 2 heterocycles. The Hall–Kier alpha value is -2.69. The second-order valence-corrected chi connectivity index (χ2v) is 6.95. The third-order valence-corrected chi connectivity index (χ3v) is 4.58. The van der Waals surface area contributed by atoms with E-state index in [-0.39, 0.29) is 11.3 Å². The molecule has 5 heteroatoms. The molecule has 24 heavy (non-hydrogen) atoms. The third kappa shape index (κ3) is 2.77. The maximum Gasteiger partial charge on any atom is 0.257 e. The van der Waals surface area contributed by atoms with E-state index in [1.807, 2.05) is 19.1 Å². The zero-order chi connectivity index (χ0) is 17.5. The zero-order valence-electron chi connectivity index (χ0n) is 14.2. The monoisotopic (exact) mass is 323 g/mol. The van der Waals surface area contributed by atoms with Gasteiger partial charge in [-0.1, -0.05) is 31.5 Å². The molecule has 0 aromatic heterocycles. The highest BCUT2D eigenvalue weighted by molar-refractivity contribution is 6.07. The van der Waals surface area contributed by atoms with E-state index in [1.165, 1.54) is 0 Å². The lowest BCUT2D eigenvalue weighted by Crippen LogP contribution is -2.36. The molecule has 0 atom stereocenters. The zero-order valence-corrected chi connectivity index (χ0v) is 14.2. The number of nitrogens with zero attached hydrogens (tertiary/aromatic N) is 2. The van der Waals surface area contributed by atoms with Crippen LogP contribution in [-0.4, -0.2) is 36.0 Å². The molecule has 0 saturated carbocycles. The number of carbonyl (C=O) groups is 2. The Labute approximate surface area is 141 Å². The molecule has 2 aliphatic rings. The van der Waals surface area contributed by atoms with Gasteiger partial charge in [0, 0.05) is 35.5 Å². The number of nitrogens with two attached hydrogens (primary N) is 1. The molecule has 2 amide bonds. The summed E-state index contributed by atoms with van der Waals surface area (Å²) in [5.41, 5.74) is 9.10. The number of aliphatic imine (C=N–C) groups is 1. The first-order valence-corrected chi connectivity index (χ1v) is 7.93. The van der Waals surface area contributed by atoms with Crippen molar-refractivity contribution in [1.82, 2.24) is 4.90 Å². The normalized spacial score (nSPS) is 19.0. The summed E-state index contributed by atoms with van der Waals surface area (Å²) in [4.78, 5) is 30.7. The Morgan fingerprint density at radius 1 is 1.21 bits per heavy atom. The van der Waals surface area contributed by atoms with Gasteiger partial charge in [-0.15, -0.1) is 0 Å². The van der Waals surface area contributed by atoms with Crippen molar-refractivity contribution in [3.63, 3.8) is 0 Å². The number of primary amides is 1. The molecule has 2 N–H and O–H groups in total. The van der Waals surface area contributed by atoms with Crippen LogP contribution in [0.5, 0.6) is 0 Å². The number of aryl methyl sites for hydroxylation is 1. The fraction of sp³-hybridized carbons (Fsp3) is 0.316. The van der Waals surface area contributed by atoms with Crippen LogP contribution < -0.4 is 5.73 Å². The van der Waals surface area contributed by atoms with Crippen LogP contribution in [0.4, 0.5) is 0 Å². The van der Waals surface area contributed by atoms with Crippen molar-refractivity contribution in [3.05, 3.63) is 58.3 Å². The first kappa shape index (κ1) is 16.2. The Kier molecular flexibility index (Phi) is 3.87. The predicted molar refractivity (Wildman–Crippen MR) is 93.7 cm³/mol. The lowest BCUT2D eigenvalue weighted by atomic mass is 9.81. The summed E-state index contributed by atoms with van der Waals surface area (Å²) in [6.45, 7) is 7.11. The van der Waals surface area contributed by atoms with Gasteiger partial charge in [-0.3, -0.25) is 14.6 Å². The summed E-state index contributed by atoms with van der Waals surface area (Å²) in [6, 6.07) is 7.41. The van der Waals surface area contributed by atoms with E-state index in [0.717, 1.165) is 16.7 Å². The number of hydrogen-bond acceptors (Lipinski definition) is 3. The maximum absolute atomic E-state index is 12.9. The largest absolute Gasteiger partial charge is 0.366 e. The Balaban J connectivity index is 2.04. The first-order chi connectivity index (χ1) is 11.3. The third-order valence-electron chi connectivity index (χ3n) is 4.58. The van der Waals surface area contributed by atoms with Crippen LogP contribution in [0.1, 0.15) is 29.8 Å². The van der Waals surface area contributed by atoms with Gasteiger partial charge in [0.15, 0.2) is 0 Å². The molecule has 0 radical (unpaired) electrons. The lowest BCUT2D eigenvalue weighted by Gasteiger charge is -2.30. The van der Waals surface area contributed by atoms with Crippen LogP contribution >= 0.6 is 0 Å². The highest BCUT2D eigenvalue weighted by Crippen LogP contribution is 2.37. The van der Waals surface area contributed by atoms with Gasteiger partial charge in [0.05, 0.1) is 12.1 Å². The molecule has 2 aliphatic heterocycles. The molecule has 3 rings (SSSR count). The van der Waals surface area contributed by atoms with Gasteiger partial charge < -0.3 is 10.6 Å². The van der Waals surface area contributed by atoms with E-state index in [1.54, 1.807) is 29.4 Å². The van der Waals surface area contributed by atoms with Crippen molar-refractivity contribution in [2.24, 2.45) is 16.1 Å². The van der Waals surface area contributed by atoms with Crippen LogP contribution in [-0.2, 0) is 4.79 Å². The van der Waals surface area contributed by atoms with Gasteiger partial charge >= 0.3 is 0 Å². The topological polar surface area (TPSA) is 75.8 Å². The fourth-order valence-electron chi connectivity index (χ4n) is 3.18. The first-order valence-electron chi connectivity index (χ1n) is 7.93. The highest BCUT2D eigenvalue weighted by Gasteiger charge is 2.36. The van der Waals surface area contributed by atoms with Crippen molar-refractivity contribution in [1.29, 1.82) is 0 Å². The molecular formula is C19H21N3O2. The van der Waals surface area contributed by atoms with Gasteiger partial charge in [-0.05, 0) is 24.6 Å². The molecule has 1 aromatic carbocycles. The molecule has 0 fully saturated rings. The van der Waals surface area contributed by atoms with Crippen LogP contribution in [0.2, 0.25) is 0 Å². The van der Waals surface area contributed by atoms with E-state index in [4.69, 9.17) is 5.73 Å². The summed E-state index contributed by atoms with van der Waals surface area (Å²) in [5, 5.41) is 0. The molecule has 0 spiro atoms. The van der Waals surface area contributed by atoms with Gasteiger partial charge in [0.25, 0.3) is 11.8 Å². The number of benzene rings is 1. The number of rotatable bonds is 2. The summed E-state index contributed by atoms with van der Waals surface area (Å²) in [5.74, 6) is -0.685. The van der Waals surface area contributed by atoms with Crippen LogP contribution in [0.15, 0.2) is 52.2 Å². The van der Waals surface area contributed by atoms with Crippen molar-refractivity contribution >= 4 is 18.0 Å². The van der Waals surface area contributed by atoms with Gasteiger partial charge in [0.1, 0.15) is 0 Å². The minimum absolute atomic E-state index is 0.139. The van der Waals surface area contributed by atoms with Crippen molar-refractivity contribution < 1.29 is 9.59 Å². The summed E-state index contributed by atoms with van der Waals surface area (Å²) in [7, 11) is 0. The Morgan fingerprint density at radius 3 is 2.50 bits per heavy atom. The lowest BCUT2D eigenvalue weighted by molar-refractivity contribution is -0.114. The molecule has 0 saturated heterocycles. The average Bonchev–Trinajstić information content (AvgIpc) is 2.97. The summed E-state index contributed by atoms with van der Waals surface area (Å²) in [6.07, 6.45) is 3.26. The Bertz CT molecular complexity index is 798. The average molecular weight is 323 g/mol. The van der Waals surface area contributed by atoms with E-state index in [0.29, 0.717) is 24.2 Å². The Morgan fingerprint density at radius 2 is 1.88 bits per heavy atom. The van der Waals surface area contributed by atoms with Crippen molar-refractivity contribution in [2.75, 3.05) is 13.1 Å². The van der Waals surface area contributed by atoms with Crippen molar-refractivity contribution in [2.45, 2.75) is 20.8 Å². The van der Waals surface area contributed by atoms with Crippen LogP contribution in [0.3, 0.4) is 0 Å². The molecule has 5 nitrogen and oxygen atoms in total. The summed E-state index contributed by atoms with van der Waals surface area (Å²) < 4.78 is 0. The molecular weight excluding hydrogens is 302 g/mol. The molecule has 0 unspecified atom stereocenters. The number of carbonyl (C=O) groups excluding carboxylic acids is 2.